The van der Waals surface area contributed by atoms with E-state index in [1.807, 2.05) is 16.8 Å². The van der Waals surface area contributed by atoms with E-state index in [0.29, 0.717) is 0 Å². The van der Waals surface area contributed by atoms with Crippen LogP contribution in [0.2, 0.25) is 0 Å². The summed E-state index contributed by atoms with van der Waals surface area (Å²) in [7, 11) is 1.63. The number of aryl methyl sites for hydroxylation is 1. The molecule has 2 aromatic heterocycles. The number of nitrogens with two attached hydrogens (primary N) is 1. The Kier molecular flexibility index (Phi) is 3.94. The lowest BCUT2D eigenvalue weighted by Gasteiger charge is -2.15. The summed E-state index contributed by atoms with van der Waals surface area (Å²) in [6.45, 7) is 2.93. The van der Waals surface area contributed by atoms with Crippen molar-refractivity contribution in [2.24, 2.45) is 5.73 Å². The van der Waals surface area contributed by atoms with Crippen molar-refractivity contribution in [3.63, 3.8) is 0 Å². The summed E-state index contributed by atoms with van der Waals surface area (Å²) in [6.07, 6.45) is 6.21. The van der Waals surface area contributed by atoms with Crippen LogP contribution in [0.4, 0.5) is 0 Å². The first-order valence-electron chi connectivity index (χ1n) is 6.03. The standard InChI is InChI=1S/C13H18N4O/c1-3-7-17-13(11(18-2)9-16-17)12(14)10-5-4-6-15-8-10/h4-6,8-9,12H,3,7,14H2,1-2H3. The van der Waals surface area contributed by atoms with Crippen molar-refractivity contribution in [2.45, 2.75) is 25.9 Å². The predicted octanol–water partition coefficient (Wildman–Crippen LogP) is 1.74. The Hall–Kier alpha value is -1.88. The van der Waals surface area contributed by atoms with Gasteiger partial charge in [0.05, 0.1) is 19.3 Å². The SMILES string of the molecule is CCCn1ncc(OC)c1C(N)c1cccnc1. The fourth-order valence-electron chi connectivity index (χ4n) is 1.96. The number of ether oxygens (including phenoxy) is 1. The van der Waals surface area contributed by atoms with Crippen LogP contribution in [0.1, 0.15) is 30.6 Å². The molecule has 0 aliphatic carbocycles. The molecule has 1 unspecified atom stereocenters. The highest BCUT2D eigenvalue weighted by molar-refractivity contribution is 5.34. The normalized spacial score (nSPS) is 12.4. The second-order valence-electron chi connectivity index (χ2n) is 4.09. The van der Waals surface area contributed by atoms with E-state index in [2.05, 4.69) is 17.0 Å². The second kappa shape index (κ2) is 5.64. The van der Waals surface area contributed by atoms with Crippen molar-refractivity contribution in [1.82, 2.24) is 14.8 Å². The first kappa shape index (κ1) is 12.6. The maximum atomic E-state index is 6.29. The highest BCUT2D eigenvalue weighted by Gasteiger charge is 2.19. The Morgan fingerprint density at radius 3 is 2.89 bits per heavy atom. The minimum atomic E-state index is -0.275. The summed E-state index contributed by atoms with van der Waals surface area (Å²) >= 11 is 0. The maximum Gasteiger partial charge on any atom is 0.161 e. The number of hydrogen-bond donors (Lipinski definition) is 1. The number of rotatable bonds is 5. The molecular weight excluding hydrogens is 228 g/mol. The minimum absolute atomic E-state index is 0.275. The maximum absolute atomic E-state index is 6.29. The van der Waals surface area contributed by atoms with Gasteiger partial charge < -0.3 is 10.5 Å². The average Bonchev–Trinajstić information content (AvgIpc) is 2.82. The van der Waals surface area contributed by atoms with Crippen LogP contribution in [0.25, 0.3) is 0 Å². The zero-order valence-electron chi connectivity index (χ0n) is 10.7. The Balaban J connectivity index is 2.39. The summed E-state index contributed by atoms with van der Waals surface area (Å²) in [4.78, 5) is 4.10. The van der Waals surface area contributed by atoms with Gasteiger partial charge in [0.1, 0.15) is 5.69 Å². The smallest absolute Gasteiger partial charge is 0.161 e. The molecule has 0 aliphatic rings. The molecule has 2 heterocycles. The molecule has 2 rings (SSSR count). The fourth-order valence-corrected chi connectivity index (χ4v) is 1.96. The third-order valence-corrected chi connectivity index (χ3v) is 2.84. The number of hydrogen-bond acceptors (Lipinski definition) is 4. The number of methoxy groups -OCH3 is 1. The second-order valence-corrected chi connectivity index (χ2v) is 4.09. The van der Waals surface area contributed by atoms with Crippen LogP contribution in [0.15, 0.2) is 30.7 Å². The van der Waals surface area contributed by atoms with Crippen LogP contribution in [0.3, 0.4) is 0 Å². The van der Waals surface area contributed by atoms with E-state index in [0.717, 1.165) is 30.0 Å². The Bertz CT molecular complexity index is 495. The highest BCUT2D eigenvalue weighted by atomic mass is 16.5. The number of pyridine rings is 1. The van der Waals surface area contributed by atoms with Crippen molar-refractivity contribution in [1.29, 1.82) is 0 Å². The molecule has 0 spiro atoms. The van der Waals surface area contributed by atoms with Gasteiger partial charge in [0.15, 0.2) is 5.75 Å². The fraction of sp³-hybridized carbons (Fsp3) is 0.385. The van der Waals surface area contributed by atoms with E-state index in [-0.39, 0.29) is 6.04 Å². The largest absolute Gasteiger partial charge is 0.493 e. The molecular formula is C13H18N4O. The van der Waals surface area contributed by atoms with Crippen LogP contribution in [0.5, 0.6) is 5.75 Å². The van der Waals surface area contributed by atoms with Gasteiger partial charge in [-0.1, -0.05) is 13.0 Å². The molecule has 0 fully saturated rings. The lowest BCUT2D eigenvalue weighted by Crippen LogP contribution is -2.18. The Morgan fingerprint density at radius 2 is 2.28 bits per heavy atom. The van der Waals surface area contributed by atoms with Crippen LogP contribution in [0, 0.1) is 0 Å². The van der Waals surface area contributed by atoms with E-state index in [9.17, 15) is 0 Å². The van der Waals surface area contributed by atoms with Gasteiger partial charge >= 0.3 is 0 Å². The molecule has 2 N–H and O–H groups in total. The molecule has 0 saturated carbocycles. The molecule has 2 aromatic rings. The topological polar surface area (TPSA) is 66.0 Å². The van der Waals surface area contributed by atoms with Gasteiger partial charge in [-0.2, -0.15) is 5.10 Å². The van der Waals surface area contributed by atoms with Crippen molar-refractivity contribution in [3.05, 3.63) is 42.0 Å². The van der Waals surface area contributed by atoms with E-state index in [4.69, 9.17) is 10.5 Å². The number of aromatic nitrogens is 3. The first-order valence-corrected chi connectivity index (χ1v) is 6.03. The lowest BCUT2D eigenvalue weighted by atomic mass is 10.1. The van der Waals surface area contributed by atoms with E-state index in [1.54, 1.807) is 25.7 Å². The van der Waals surface area contributed by atoms with Crippen LogP contribution >= 0.6 is 0 Å². The van der Waals surface area contributed by atoms with Gasteiger partial charge in [-0.3, -0.25) is 9.67 Å². The molecule has 0 amide bonds. The molecule has 0 saturated heterocycles. The van der Waals surface area contributed by atoms with E-state index >= 15 is 0 Å². The molecule has 0 bridgehead atoms. The van der Waals surface area contributed by atoms with Crippen LogP contribution < -0.4 is 10.5 Å². The third-order valence-electron chi connectivity index (χ3n) is 2.84. The van der Waals surface area contributed by atoms with Gasteiger partial charge in [-0.25, -0.2) is 0 Å². The lowest BCUT2D eigenvalue weighted by molar-refractivity contribution is 0.404. The summed E-state index contributed by atoms with van der Waals surface area (Å²) in [6, 6.07) is 3.56. The van der Waals surface area contributed by atoms with Crippen molar-refractivity contribution >= 4 is 0 Å². The van der Waals surface area contributed by atoms with E-state index in [1.165, 1.54) is 0 Å². The van der Waals surface area contributed by atoms with Crippen LogP contribution in [-0.4, -0.2) is 21.9 Å². The summed E-state index contributed by atoms with van der Waals surface area (Å²) in [5, 5.41) is 4.31. The van der Waals surface area contributed by atoms with Crippen LogP contribution in [-0.2, 0) is 6.54 Å². The van der Waals surface area contributed by atoms with Gasteiger partial charge in [0, 0.05) is 18.9 Å². The minimum Gasteiger partial charge on any atom is -0.493 e. The van der Waals surface area contributed by atoms with Gasteiger partial charge in [0.2, 0.25) is 0 Å². The summed E-state index contributed by atoms with van der Waals surface area (Å²) in [5.41, 5.74) is 8.14. The van der Waals surface area contributed by atoms with Gasteiger partial charge in [-0.15, -0.1) is 0 Å². The molecule has 1 atom stereocenters. The van der Waals surface area contributed by atoms with Crippen molar-refractivity contribution in [3.8, 4) is 5.75 Å². The molecule has 5 nitrogen and oxygen atoms in total. The Labute approximate surface area is 107 Å². The van der Waals surface area contributed by atoms with Crippen molar-refractivity contribution < 1.29 is 4.74 Å². The zero-order chi connectivity index (χ0) is 13.0. The molecule has 0 aromatic carbocycles. The molecule has 0 radical (unpaired) electrons. The third kappa shape index (κ3) is 2.36. The monoisotopic (exact) mass is 246 g/mol. The zero-order valence-corrected chi connectivity index (χ0v) is 10.7. The van der Waals surface area contributed by atoms with E-state index < -0.39 is 0 Å². The summed E-state index contributed by atoms with van der Waals surface area (Å²) < 4.78 is 7.23. The quantitative estimate of drug-likeness (QED) is 0.872. The number of nitrogens with zero attached hydrogens (tertiary/aromatic N) is 3. The first-order chi connectivity index (χ1) is 8.77. The molecule has 96 valence electrons. The molecule has 18 heavy (non-hydrogen) atoms. The van der Waals surface area contributed by atoms with Gasteiger partial charge in [0.25, 0.3) is 0 Å². The highest BCUT2D eigenvalue weighted by Crippen LogP contribution is 2.27. The van der Waals surface area contributed by atoms with Crippen molar-refractivity contribution in [2.75, 3.05) is 7.11 Å². The summed E-state index contributed by atoms with van der Waals surface area (Å²) in [5.74, 6) is 0.722. The average molecular weight is 246 g/mol. The van der Waals surface area contributed by atoms with Gasteiger partial charge in [-0.05, 0) is 18.1 Å². The molecule has 0 aliphatic heterocycles. The molecule has 5 heteroatoms. The Morgan fingerprint density at radius 1 is 1.44 bits per heavy atom. The predicted molar refractivity (Wildman–Crippen MR) is 69.3 cm³/mol.